The zero-order chi connectivity index (χ0) is 17.0. The summed E-state index contributed by atoms with van der Waals surface area (Å²) in [6.45, 7) is 0.154. The maximum absolute atomic E-state index is 12.8. The predicted octanol–water partition coefficient (Wildman–Crippen LogP) is 2.79. The highest BCUT2D eigenvalue weighted by atomic mass is 19.4. The molecule has 1 saturated heterocycles. The monoisotopic (exact) mass is 335 g/mol. The van der Waals surface area contributed by atoms with Crippen molar-refractivity contribution in [2.24, 2.45) is 11.8 Å². The van der Waals surface area contributed by atoms with Crippen molar-refractivity contribution in [2.45, 2.75) is 12.6 Å². The maximum atomic E-state index is 12.8. The van der Waals surface area contributed by atoms with Gasteiger partial charge in [-0.25, -0.2) is 4.39 Å². The number of aliphatic carboxylic acids is 1. The SMILES string of the molecule is O=C(O)[C@@H]1CN(CCCOc2ccc(F)cc2)C[C@H]1C(F)(F)F. The molecule has 128 valence electrons. The molecule has 1 aromatic carbocycles. The molecule has 1 aliphatic rings. The fourth-order valence-electron chi connectivity index (χ4n) is 2.66. The summed E-state index contributed by atoms with van der Waals surface area (Å²) in [5.74, 6) is -4.58. The van der Waals surface area contributed by atoms with Crippen molar-refractivity contribution < 1.29 is 32.2 Å². The van der Waals surface area contributed by atoms with E-state index < -0.39 is 24.0 Å². The summed E-state index contributed by atoms with van der Waals surface area (Å²) in [6, 6.07) is 5.43. The Balaban J connectivity index is 1.78. The molecule has 8 heteroatoms. The molecule has 1 N–H and O–H groups in total. The average molecular weight is 335 g/mol. The number of nitrogens with zero attached hydrogens (tertiary/aromatic N) is 1. The van der Waals surface area contributed by atoms with Crippen LogP contribution < -0.4 is 4.74 Å². The van der Waals surface area contributed by atoms with Crippen molar-refractivity contribution in [2.75, 3.05) is 26.2 Å². The summed E-state index contributed by atoms with van der Waals surface area (Å²) in [4.78, 5) is 12.5. The molecule has 0 spiro atoms. The molecule has 0 radical (unpaired) electrons. The summed E-state index contributed by atoms with van der Waals surface area (Å²) in [7, 11) is 0. The van der Waals surface area contributed by atoms with E-state index in [0.717, 1.165) is 0 Å². The molecule has 1 aromatic rings. The van der Waals surface area contributed by atoms with E-state index in [1.165, 1.54) is 29.2 Å². The second-order valence-electron chi connectivity index (χ2n) is 5.51. The number of benzene rings is 1. The lowest BCUT2D eigenvalue weighted by molar-refractivity contribution is -0.188. The van der Waals surface area contributed by atoms with Crippen LogP contribution in [0, 0.1) is 17.7 Å². The van der Waals surface area contributed by atoms with Gasteiger partial charge in [-0.1, -0.05) is 0 Å². The molecule has 2 atom stereocenters. The number of ether oxygens (including phenoxy) is 1. The second kappa shape index (κ2) is 7.16. The van der Waals surface area contributed by atoms with Gasteiger partial charge in [0.2, 0.25) is 0 Å². The number of likely N-dealkylation sites (tertiary alicyclic amines) is 1. The Morgan fingerprint density at radius 2 is 1.91 bits per heavy atom. The number of hydrogen-bond acceptors (Lipinski definition) is 3. The van der Waals surface area contributed by atoms with Gasteiger partial charge < -0.3 is 14.7 Å². The first-order valence-electron chi connectivity index (χ1n) is 7.17. The highest BCUT2D eigenvalue weighted by Crippen LogP contribution is 2.37. The van der Waals surface area contributed by atoms with E-state index >= 15 is 0 Å². The van der Waals surface area contributed by atoms with E-state index in [2.05, 4.69) is 0 Å². The van der Waals surface area contributed by atoms with E-state index in [0.29, 0.717) is 18.7 Å². The summed E-state index contributed by atoms with van der Waals surface area (Å²) in [5, 5.41) is 8.93. The minimum atomic E-state index is -4.51. The minimum Gasteiger partial charge on any atom is -0.494 e. The van der Waals surface area contributed by atoms with Gasteiger partial charge in [-0.3, -0.25) is 4.79 Å². The molecule has 0 aromatic heterocycles. The Morgan fingerprint density at radius 3 is 2.43 bits per heavy atom. The van der Waals surface area contributed by atoms with Crippen molar-refractivity contribution in [3.8, 4) is 5.75 Å². The van der Waals surface area contributed by atoms with Crippen LogP contribution in [-0.4, -0.2) is 48.4 Å². The molecule has 0 unspecified atom stereocenters. The van der Waals surface area contributed by atoms with Crippen molar-refractivity contribution in [3.63, 3.8) is 0 Å². The highest BCUT2D eigenvalue weighted by molar-refractivity contribution is 5.71. The molecule has 1 aliphatic heterocycles. The van der Waals surface area contributed by atoms with Crippen LogP contribution >= 0.6 is 0 Å². The smallest absolute Gasteiger partial charge is 0.393 e. The first-order chi connectivity index (χ1) is 10.8. The molecular formula is C15H17F4NO3. The Bertz CT molecular complexity index is 533. The minimum absolute atomic E-state index is 0.115. The van der Waals surface area contributed by atoms with Crippen LogP contribution in [0.1, 0.15) is 6.42 Å². The first-order valence-corrected chi connectivity index (χ1v) is 7.17. The van der Waals surface area contributed by atoms with Gasteiger partial charge in [-0.05, 0) is 30.7 Å². The molecular weight excluding hydrogens is 318 g/mol. The fraction of sp³-hybridized carbons (Fsp3) is 0.533. The van der Waals surface area contributed by atoms with Crippen LogP contribution in [0.15, 0.2) is 24.3 Å². The Labute approximate surface area is 130 Å². The van der Waals surface area contributed by atoms with Crippen molar-refractivity contribution in [1.82, 2.24) is 4.90 Å². The highest BCUT2D eigenvalue weighted by Gasteiger charge is 2.52. The van der Waals surface area contributed by atoms with Crippen LogP contribution in [0.4, 0.5) is 17.6 Å². The number of rotatable bonds is 6. The number of carbonyl (C=O) groups is 1. The van der Waals surface area contributed by atoms with E-state index in [-0.39, 0.29) is 25.5 Å². The third kappa shape index (κ3) is 4.82. The fourth-order valence-corrected chi connectivity index (χ4v) is 2.66. The molecule has 0 aliphatic carbocycles. The summed E-state index contributed by atoms with van der Waals surface area (Å²) >= 11 is 0. The summed E-state index contributed by atoms with van der Waals surface area (Å²) in [6.07, 6.45) is -4.06. The number of carboxylic acids is 1. The van der Waals surface area contributed by atoms with Gasteiger partial charge in [-0.15, -0.1) is 0 Å². The third-order valence-corrected chi connectivity index (χ3v) is 3.83. The molecule has 0 saturated carbocycles. The number of alkyl halides is 3. The third-order valence-electron chi connectivity index (χ3n) is 3.83. The second-order valence-corrected chi connectivity index (χ2v) is 5.51. The van der Waals surface area contributed by atoms with Gasteiger partial charge >= 0.3 is 12.1 Å². The van der Waals surface area contributed by atoms with E-state index in [9.17, 15) is 22.4 Å². The van der Waals surface area contributed by atoms with E-state index in [4.69, 9.17) is 9.84 Å². The van der Waals surface area contributed by atoms with Crippen molar-refractivity contribution in [1.29, 1.82) is 0 Å². The molecule has 1 fully saturated rings. The van der Waals surface area contributed by atoms with E-state index in [1.807, 2.05) is 0 Å². The summed E-state index contributed by atoms with van der Waals surface area (Å²) in [5.41, 5.74) is 0. The zero-order valence-electron chi connectivity index (χ0n) is 12.2. The number of hydrogen-bond donors (Lipinski definition) is 1. The molecule has 2 rings (SSSR count). The number of halogens is 4. The predicted molar refractivity (Wildman–Crippen MR) is 73.6 cm³/mol. The topological polar surface area (TPSA) is 49.8 Å². The lowest BCUT2D eigenvalue weighted by Gasteiger charge is -2.18. The van der Waals surface area contributed by atoms with Crippen LogP contribution in [-0.2, 0) is 4.79 Å². The molecule has 0 amide bonds. The molecule has 23 heavy (non-hydrogen) atoms. The van der Waals surface area contributed by atoms with Crippen LogP contribution in [0.2, 0.25) is 0 Å². The zero-order valence-corrected chi connectivity index (χ0v) is 12.2. The Kier molecular flexibility index (Phi) is 5.46. The molecule has 1 heterocycles. The standard InChI is InChI=1S/C15H17F4NO3/c16-10-2-4-11(5-3-10)23-7-1-6-20-8-12(14(21)22)13(9-20)15(17,18)19/h2-5,12-13H,1,6-9H2,(H,21,22)/t12-,13-/m1/s1. The molecule has 4 nitrogen and oxygen atoms in total. The van der Waals surface area contributed by atoms with Gasteiger partial charge in [0.05, 0.1) is 18.4 Å². The maximum Gasteiger partial charge on any atom is 0.393 e. The van der Waals surface area contributed by atoms with Crippen molar-refractivity contribution in [3.05, 3.63) is 30.1 Å². The lowest BCUT2D eigenvalue weighted by Crippen LogP contribution is -2.33. The van der Waals surface area contributed by atoms with Gasteiger partial charge in [0.15, 0.2) is 0 Å². The lowest BCUT2D eigenvalue weighted by atomic mass is 9.96. The number of carboxylic acid groups (broad SMARTS) is 1. The quantitative estimate of drug-likeness (QED) is 0.642. The molecule has 0 bridgehead atoms. The van der Waals surface area contributed by atoms with Gasteiger partial charge in [0.25, 0.3) is 0 Å². The van der Waals surface area contributed by atoms with Crippen molar-refractivity contribution >= 4 is 5.97 Å². The van der Waals surface area contributed by atoms with Gasteiger partial charge in [-0.2, -0.15) is 13.2 Å². The van der Waals surface area contributed by atoms with Crippen LogP contribution in [0.3, 0.4) is 0 Å². The average Bonchev–Trinajstić information content (AvgIpc) is 2.90. The van der Waals surface area contributed by atoms with Crippen LogP contribution in [0.25, 0.3) is 0 Å². The summed E-state index contributed by atoms with van der Waals surface area (Å²) < 4.78 is 56.6. The largest absolute Gasteiger partial charge is 0.494 e. The Hall–Kier alpha value is -1.83. The van der Waals surface area contributed by atoms with E-state index in [1.54, 1.807) is 0 Å². The first kappa shape index (κ1) is 17.5. The van der Waals surface area contributed by atoms with Gasteiger partial charge in [0, 0.05) is 19.6 Å². The Morgan fingerprint density at radius 1 is 1.26 bits per heavy atom. The van der Waals surface area contributed by atoms with Crippen LogP contribution in [0.5, 0.6) is 5.75 Å². The van der Waals surface area contributed by atoms with Gasteiger partial charge in [0.1, 0.15) is 11.6 Å². The normalized spacial score (nSPS) is 22.3.